The van der Waals surface area contributed by atoms with E-state index in [1.54, 1.807) is 25.1 Å². The number of nitrogens with zero attached hydrogens (tertiary/aromatic N) is 1. The van der Waals surface area contributed by atoms with Crippen LogP contribution in [-0.4, -0.2) is 52.9 Å². The van der Waals surface area contributed by atoms with Gasteiger partial charge in [-0.15, -0.1) is 0 Å². The van der Waals surface area contributed by atoms with Crippen LogP contribution >= 0.6 is 11.8 Å². The molecule has 3 unspecified atom stereocenters. The highest BCUT2D eigenvalue weighted by Gasteiger charge is 2.18. The van der Waals surface area contributed by atoms with E-state index in [2.05, 4.69) is 17.2 Å². The number of aliphatic imine (C=N–C) groups is 1. The van der Waals surface area contributed by atoms with Crippen molar-refractivity contribution in [1.82, 2.24) is 5.32 Å². The van der Waals surface area contributed by atoms with Gasteiger partial charge in [-0.2, -0.15) is 0 Å². The highest BCUT2D eigenvalue weighted by molar-refractivity contribution is 8.14. The molecule has 0 fully saturated rings. The summed E-state index contributed by atoms with van der Waals surface area (Å²) in [6.45, 7) is 2.88. The van der Waals surface area contributed by atoms with Gasteiger partial charge in [0.15, 0.2) is 5.17 Å². The van der Waals surface area contributed by atoms with E-state index in [1.165, 1.54) is 0 Å². The van der Waals surface area contributed by atoms with Gasteiger partial charge in [-0.1, -0.05) is 11.8 Å². The Kier molecular flexibility index (Phi) is 7.15. The van der Waals surface area contributed by atoms with Crippen LogP contribution < -0.4 is 5.32 Å². The largest absolute Gasteiger partial charge is 0.385 e. The smallest absolute Gasteiger partial charge is 0.157 e. The molecule has 1 aliphatic heterocycles. The first-order chi connectivity index (χ1) is 8.11. The van der Waals surface area contributed by atoms with Crippen molar-refractivity contribution < 1.29 is 8.95 Å². The maximum absolute atomic E-state index is 11.0. The molecule has 0 aromatic heterocycles. The van der Waals surface area contributed by atoms with Gasteiger partial charge in [-0.3, -0.25) is 9.20 Å². The summed E-state index contributed by atoms with van der Waals surface area (Å²) in [5, 5.41) is 4.41. The highest BCUT2D eigenvalue weighted by atomic mass is 32.2. The molecule has 1 N–H and O–H groups in total. The second-order valence-corrected chi connectivity index (χ2v) is 6.86. The van der Waals surface area contributed by atoms with E-state index < -0.39 is 10.8 Å². The molecule has 3 atom stereocenters. The van der Waals surface area contributed by atoms with Gasteiger partial charge in [0.2, 0.25) is 0 Å². The lowest BCUT2D eigenvalue weighted by atomic mass is 10.2. The van der Waals surface area contributed by atoms with Gasteiger partial charge in [0.1, 0.15) is 0 Å². The van der Waals surface area contributed by atoms with E-state index in [0.29, 0.717) is 12.1 Å². The number of hydrogen-bond donors (Lipinski definition) is 1. The third-order valence-electron chi connectivity index (χ3n) is 2.58. The fourth-order valence-electron chi connectivity index (χ4n) is 1.52. The van der Waals surface area contributed by atoms with E-state index >= 15 is 0 Å². The molecular formula is C11H22N2O2S2. The zero-order chi connectivity index (χ0) is 12.7. The summed E-state index contributed by atoms with van der Waals surface area (Å²) in [5.41, 5.74) is 0. The number of hydrogen-bond acceptors (Lipinski definition) is 5. The predicted octanol–water partition coefficient (Wildman–Crippen LogP) is 1.24. The van der Waals surface area contributed by atoms with Crippen molar-refractivity contribution in [2.75, 3.05) is 31.5 Å². The van der Waals surface area contributed by atoms with E-state index in [1.807, 2.05) is 0 Å². The molecule has 0 saturated carbocycles. The van der Waals surface area contributed by atoms with E-state index in [4.69, 9.17) is 4.74 Å². The number of ether oxygens (including phenoxy) is 1. The number of thioether (sulfide) groups is 1. The van der Waals surface area contributed by atoms with Gasteiger partial charge < -0.3 is 10.1 Å². The van der Waals surface area contributed by atoms with Crippen molar-refractivity contribution >= 4 is 27.7 Å². The van der Waals surface area contributed by atoms with Crippen molar-refractivity contribution in [3.05, 3.63) is 0 Å². The topological polar surface area (TPSA) is 50.7 Å². The van der Waals surface area contributed by atoms with Crippen molar-refractivity contribution in [2.45, 2.75) is 31.8 Å². The minimum Gasteiger partial charge on any atom is -0.385 e. The minimum atomic E-state index is -0.704. The molecule has 0 saturated heterocycles. The normalized spacial score (nSPS) is 23.2. The summed E-state index contributed by atoms with van der Waals surface area (Å²) in [6, 6.07) is 0.723. The van der Waals surface area contributed by atoms with Crippen LogP contribution in [0.3, 0.4) is 0 Å². The van der Waals surface area contributed by atoms with Crippen LogP contribution in [0.25, 0.3) is 0 Å². The third-order valence-corrected chi connectivity index (χ3v) is 4.43. The van der Waals surface area contributed by atoms with Gasteiger partial charge >= 0.3 is 0 Å². The molecule has 1 rings (SSSR count). The summed E-state index contributed by atoms with van der Waals surface area (Å²) in [7, 11) is 1.02. The minimum absolute atomic E-state index is 0.339. The van der Waals surface area contributed by atoms with E-state index in [-0.39, 0.29) is 0 Å². The van der Waals surface area contributed by atoms with Crippen LogP contribution in [0, 0.1) is 0 Å². The zero-order valence-electron chi connectivity index (χ0n) is 10.8. The molecule has 0 bridgehead atoms. The van der Waals surface area contributed by atoms with Crippen molar-refractivity contribution in [1.29, 1.82) is 0 Å². The molecular weight excluding hydrogens is 256 g/mol. The lowest BCUT2D eigenvalue weighted by molar-refractivity contribution is 0.190. The summed E-state index contributed by atoms with van der Waals surface area (Å²) in [4.78, 5) is 4.61. The average molecular weight is 278 g/mol. The Morgan fingerprint density at radius 2 is 2.47 bits per heavy atom. The van der Waals surface area contributed by atoms with E-state index in [9.17, 15) is 4.21 Å². The predicted molar refractivity (Wildman–Crippen MR) is 76.3 cm³/mol. The maximum atomic E-state index is 11.0. The average Bonchev–Trinajstić information content (AvgIpc) is 2.71. The first-order valence-corrected chi connectivity index (χ1v) is 8.59. The van der Waals surface area contributed by atoms with Gasteiger partial charge in [0.25, 0.3) is 0 Å². The summed E-state index contributed by atoms with van der Waals surface area (Å²) in [6.07, 6.45) is 3.66. The number of amidine groups is 1. The fraction of sp³-hybridized carbons (Fsp3) is 0.909. The molecule has 0 amide bonds. The second-order valence-electron chi connectivity index (χ2n) is 4.29. The molecule has 0 spiro atoms. The second kappa shape index (κ2) is 8.11. The van der Waals surface area contributed by atoms with Crippen LogP contribution in [0.1, 0.15) is 19.8 Å². The number of rotatable bonds is 7. The fourth-order valence-corrected chi connectivity index (χ4v) is 3.31. The first kappa shape index (κ1) is 15.0. The molecule has 4 nitrogen and oxygen atoms in total. The summed E-state index contributed by atoms with van der Waals surface area (Å²) >= 11 is 1.77. The number of methoxy groups -OCH3 is 1. The monoisotopic (exact) mass is 278 g/mol. The molecule has 0 aliphatic carbocycles. The summed E-state index contributed by atoms with van der Waals surface area (Å²) < 4.78 is 16.0. The molecule has 1 heterocycles. The molecule has 1 aliphatic rings. The van der Waals surface area contributed by atoms with Crippen molar-refractivity contribution in [3.8, 4) is 0 Å². The zero-order valence-corrected chi connectivity index (χ0v) is 12.4. The lowest BCUT2D eigenvalue weighted by Gasteiger charge is -2.13. The molecule has 6 heteroatoms. The Morgan fingerprint density at radius 1 is 1.71 bits per heavy atom. The Morgan fingerprint density at radius 3 is 3.12 bits per heavy atom. The van der Waals surface area contributed by atoms with Crippen LogP contribution in [0.5, 0.6) is 0 Å². The molecule has 100 valence electrons. The van der Waals surface area contributed by atoms with Crippen LogP contribution in [0.2, 0.25) is 0 Å². The van der Waals surface area contributed by atoms with Gasteiger partial charge in [-0.05, 0) is 19.8 Å². The third kappa shape index (κ3) is 6.43. The van der Waals surface area contributed by atoms with Crippen LogP contribution in [0.4, 0.5) is 0 Å². The lowest BCUT2D eigenvalue weighted by Crippen LogP contribution is -2.31. The SMILES string of the molecule is COCCC1CSC(NC(C)CCS(C)=O)=N1. The van der Waals surface area contributed by atoms with Gasteiger partial charge in [-0.25, -0.2) is 0 Å². The molecule has 17 heavy (non-hydrogen) atoms. The number of nitrogens with one attached hydrogen (secondary N) is 1. The standard InChI is InChI=1S/C11H22N2O2S2/c1-9(5-7-17(3)14)12-11-13-10(8-16-11)4-6-15-2/h9-10H,4-8H2,1-3H3,(H,12,13). The first-order valence-electron chi connectivity index (χ1n) is 5.88. The molecule has 0 aromatic rings. The Labute approximate surface area is 110 Å². The van der Waals surface area contributed by atoms with Crippen LogP contribution in [-0.2, 0) is 15.5 Å². The van der Waals surface area contributed by atoms with Crippen molar-refractivity contribution in [2.24, 2.45) is 4.99 Å². The Bertz CT molecular complexity index is 285. The Balaban J connectivity index is 2.24. The van der Waals surface area contributed by atoms with Crippen LogP contribution in [0.15, 0.2) is 4.99 Å². The van der Waals surface area contributed by atoms with Gasteiger partial charge in [0, 0.05) is 48.3 Å². The van der Waals surface area contributed by atoms with Crippen molar-refractivity contribution in [3.63, 3.8) is 0 Å². The van der Waals surface area contributed by atoms with Gasteiger partial charge in [0.05, 0.1) is 6.04 Å². The molecule has 0 aromatic carbocycles. The quantitative estimate of drug-likeness (QED) is 0.761. The summed E-state index contributed by atoms with van der Waals surface area (Å²) in [5.74, 6) is 1.79. The van der Waals surface area contributed by atoms with E-state index in [0.717, 1.165) is 36.1 Å². The molecule has 0 radical (unpaired) electrons. The maximum Gasteiger partial charge on any atom is 0.157 e. The highest BCUT2D eigenvalue weighted by Crippen LogP contribution is 2.19. The Hall–Kier alpha value is -0.0700.